The van der Waals surface area contributed by atoms with Gasteiger partial charge in [0.25, 0.3) is 0 Å². The number of hydrogen-bond donors (Lipinski definition) is 0. The molecule has 0 unspecified atom stereocenters. The van der Waals surface area contributed by atoms with Crippen LogP contribution >= 0.6 is 23.2 Å². The summed E-state index contributed by atoms with van der Waals surface area (Å²) in [5.74, 6) is 0.542. The van der Waals surface area contributed by atoms with Crippen molar-refractivity contribution >= 4 is 29.0 Å². The van der Waals surface area contributed by atoms with Crippen molar-refractivity contribution in [2.75, 3.05) is 37.6 Å². The lowest BCUT2D eigenvalue weighted by Crippen LogP contribution is -2.58. The molecule has 1 atom stereocenters. The minimum absolute atomic E-state index is 0.225. The molecule has 3 heterocycles. The Morgan fingerprint density at radius 2 is 1.94 bits per heavy atom. The molecule has 32 heavy (non-hydrogen) atoms. The Hall–Kier alpha value is -1.91. The van der Waals surface area contributed by atoms with Crippen molar-refractivity contribution in [2.45, 2.75) is 44.8 Å². The highest BCUT2D eigenvalue weighted by molar-refractivity contribution is 6.33. The van der Waals surface area contributed by atoms with Crippen molar-refractivity contribution < 1.29 is 4.39 Å². The van der Waals surface area contributed by atoms with E-state index in [4.69, 9.17) is 28.5 Å². The summed E-state index contributed by atoms with van der Waals surface area (Å²) in [6.45, 7) is 7.50. The van der Waals surface area contributed by atoms with E-state index in [-0.39, 0.29) is 5.82 Å². The summed E-state index contributed by atoms with van der Waals surface area (Å²) >= 11 is 12.3. The van der Waals surface area contributed by atoms with E-state index >= 15 is 0 Å². The molecule has 1 aromatic heterocycles. The number of halogens is 3. The molecule has 2 aromatic rings. The number of pyridine rings is 1. The fourth-order valence-corrected chi connectivity index (χ4v) is 5.38. The number of nitriles is 1. The summed E-state index contributed by atoms with van der Waals surface area (Å²) in [7, 11) is 0. The molecule has 1 aromatic carbocycles. The third kappa shape index (κ3) is 5.18. The van der Waals surface area contributed by atoms with Crippen molar-refractivity contribution in [2.24, 2.45) is 0 Å². The maximum atomic E-state index is 14.2. The number of anilines is 1. The first-order valence-electron chi connectivity index (χ1n) is 11.2. The van der Waals surface area contributed by atoms with Crippen LogP contribution in [-0.2, 0) is 6.54 Å². The summed E-state index contributed by atoms with van der Waals surface area (Å²) in [4.78, 5) is 11.7. The van der Waals surface area contributed by atoms with Gasteiger partial charge in [-0.05, 0) is 50.6 Å². The van der Waals surface area contributed by atoms with Gasteiger partial charge in [-0.1, -0.05) is 36.2 Å². The van der Waals surface area contributed by atoms with Crippen molar-refractivity contribution in [3.63, 3.8) is 0 Å². The molecule has 0 bridgehead atoms. The van der Waals surface area contributed by atoms with Gasteiger partial charge in [-0.15, -0.1) is 0 Å². The van der Waals surface area contributed by atoms with Crippen LogP contribution in [0.2, 0.25) is 10.0 Å². The van der Waals surface area contributed by atoms with Crippen LogP contribution in [0.25, 0.3) is 0 Å². The largest absolute Gasteiger partial charge is 0.353 e. The number of aromatic nitrogens is 1. The highest BCUT2D eigenvalue weighted by Crippen LogP contribution is 2.30. The summed E-state index contributed by atoms with van der Waals surface area (Å²) in [6.07, 6.45) is 4.82. The predicted octanol–water partition coefficient (Wildman–Crippen LogP) is 4.96. The average Bonchev–Trinajstić information content (AvgIpc) is 2.81. The second-order valence-electron chi connectivity index (χ2n) is 8.63. The van der Waals surface area contributed by atoms with Crippen molar-refractivity contribution in [3.8, 4) is 6.07 Å². The summed E-state index contributed by atoms with van der Waals surface area (Å²) in [5, 5.41) is 10.0. The van der Waals surface area contributed by atoms with Gasteiger partial charge in [0.15, 0.2) is 0 Å². The van der Waals surface area contributed by atoms with Gasteiger partial charge in [0.05, 0.1) is 10.6 Å². The van der Waals surface area contributed by atoms with Crippen molar-refractivity contribution in [1.29, 1.82) is 5.26 Å². The molecule has 4 rings (SSSR count). The van der Waals surface area contributed by atoms with Crippen LogP contribution < -0.4 is 4.90 Å². The predicted molar refractivity (Wildman–Crippen MR) is 127 cm³/mol. The Balaban J connectivity index is 1.34. The van der Waals surface area contributed by atoms with E-state index in [1.807, 2.05) is 0 Å². The SMILES string of the molecule is CC[C@H]1CN(c2ncc(C#N)cc2Cl)CCN1C1CCN(Cc2ccc(Cl)cc2F)CC1. The fraction of sp³-hybridized carbons (Fsp3) is 0.500. The van der Waals surface area contributed by atoms with Gasteiger partial charge >= 0.3 is 0 Å². The summed E-state index contributed by atoms with van der Waals surface area (Å²) < 4.78 is 14.2. The molecule has 0 saturated carbocycles. The number of rotatable bonds is 5. The van der Waals surface area contributed by atoms with E-state index in [1.165, 1.54) is 6.07 Å². The molecule has 2 saturated heterocycles. The van der Waals surface area contributed by atoms with Crippen LogP contribution in [0.15, 0.2) is 30.5 Å². The van der Waals surface area contributed by atoms with Crippen LogP contribution in [0.4, 0.5) is 10.2 Å². The number of hydrogen-bond acceptors (Lipinski definition) is 5. The molecular formula is C24H28Cl2FN5. The topological polar surface area (TPSA) is 46.4 Å². The Bertz CT molecular complexity index is 987. The zero-order valence-electron chi connectivity index (χ0n) is 18.3. The molecular weight excluding hydrogens is 448 g/mol. The van der Waals surface area contributed by atoms with E-state index < -0.39 is 0 Å². The normalized spacial score (nSPS) is 21.0. The zero-order chi connectivity index (χ0) is 22.7. The van der Waals surface area contributed by atoms with E-state index in [0.29, 0.717) is 39.8 Å². The Morgan fingerprint density at radius 1 is 1.16 bits per heavy atom. The first kappa shape index (κ1) is 23.3. The first-order chi connectivity index (χ1) is 15.5. The van der Waals surface area contributed by atoms with Gasteiger partial charge in [-0.25, -0.2) is 9.37 Å². The summed E-state index contributed by atoms with van der Waals surface area (Å²) in [5.41, 5.74) is 1.19. The van der Waals surface area contributed by atoms with E-state index in [2.05, 4.69) is 32.7 Å². The van der Waals surface area contributed by atoms with Crippen molar-refractivity contribution in [3.05, 3.63) is 57.5 Å². The average molecular weight is 476 g/mol. The Labute approximate surface area is 199 Å². The molecule has 0 spiro atoms. The van der Waals surface area contributed by atoms with Gasteiger partial charge in [-0.3, -0.25) is 9.80 Å². The monoisotopic (exact) mass is 475 g/mol. The van der Waals surface area contributed by atoms with E-state index in [1.54, 1.807) is 24.4 Å². The lowest BCUT2D eigenvalue weighted by Gasteiger charge is -2.47. The number of likely N-dealkylation sites (tertiary alicyclic amines) is 1. The maximum Gasteiger partial charge on any atom is 0.147 e. The second kappa shape index (κ2) is 10.4. The third-order valence-electron chi connectivity index (χ3n) is 6.69. The lowest BCUT2D eigenvalue weighted by atomic mass is 9.97. The first-order valence-corrected chi connectivity index (χ1v) is 12.0. The molecule has 170 valence electrons. The summed E-state index contributed by atoms with van der Waals surface area (Å²) in [6, 6.07) is 9.69. The smallest absolute Gasteiger partial charge is 0.147 e. The molecule has 0 radical (unpaired) electrons. The van der Waals surface area contributed by atoms with Gasteiger partial charge in [-0.2, -0.15) is 5.26 Å². The molecule has 2 fully saturated rings. The van der Waals surface area contributed by atoms with Gasteiger partial charge in [0.1, 0.15) is 17.7 Å². The van der Waals surface area contributed by atoms with Crippen LogP contribution in [0.3, 0.4) is 0 Å². The zero-order valence-corrected chi connectivity index (χ0v) is 19.8. The van der Waals surface area contributed by atoms with E-state index in [9.17, 15) is 4.39 Å². The number of piperazine rings is 1. The quantitative estimate of drug-likeness (QED) is 0.610. The molecule has 8 heteroatoms. The Kier molecular flexibility index (Phi) is 7.52. The van der Waals surface area contributed by atoms with Crippen LogP contribution in [0.1, 0.15) is 37.3 Å². The molecule has 5 nitrogen and oxygen atoms in total. The molecule has 2 aliphatic heterocycles. The third-order valence-corrected chi connectivity index (χ3v) is 7.20. The van der Waals surface area contributed by atoms with E-state index in [0.717, 1.165) is 57.8 Å². The highest BCUT2D eigenvalue weighted by atomic mass is 35.5. The van der Waals surface area contributed by atoms with Gasteiger partial charge < -0.3 is 4.90 Å². The molecule has 0 N–H and O–H groups in total. The molecule has 2 aliphatic rings. The number of piperidine rings is 1. The van der Waals surface area contributed by atoms with Crippen molar-refractivity contribution in [1.82, 2.24) is 14.8 Å². The van der Waals surface area contributed by atoms with Crippen LogP contribution in [0.5, 0.6) is 0 Å². The number of benzene rings is 1. The minimum atomic E-state index is -0.225. The minimum Gasteiger partial charge on any atom is -0.353 e. The highest BCUT2D eigenvalue weighted by Gasteiger charge is 2.34. The second-order valence-corrected chi connectivity index (χ2v) is 9.47. The van der Waals surface area contributed by atoms with Crippen LogP contribution in [0, 0.1) is 17.1 Å². The standard InChI is InChI=1S/C24H28Cl2FN5/c1-2-20-16-31(24-22(26)11-17(13-28)14-29-24)9-10-32(20)21-5-7-30(8-6-21)15-18-3-4-19(25)12-23(18)27/h3-4,11-12,14,20-21H,2,5-10,15-16H2,1H3/t20-/m0/s1. The lowest BCUT2D eigenvalue weighted by molar-refractivity contribution is 0.0607. The maximum absolute atomic E-state index is 14.2. The molecule has 0 aliphatic carbocycles. The van der Waals surface area contributed by atoms with Gasteiger partial charge in [0, 0.05) is 55.0 Å². The van der Waals surface area contributed by atoms with Crippen LogP contribution in [-0.4, -0.2) is 59.6 Å². The number of nitrogens with zero attached hydrogens (tertiary/aromatic N) is 5. The fourth-order valence-electron chi connectivity index (χ4n) is 4.93. The van der Waals surface area contributed by atoms with Gasteiger partial charge in [0.2, 0.25) is 0 Å². The molecule has 0 amide bonds. The Morgan fingerprint density at radius 3 is 2.59 bits per heavy atom.